The van der Waals surface area contributed by atoms with Crippen molar-refractivity contribution in [1.82, 2.24) is 15.3 Å². The zero-order chi connectivity index (χ0) is 14.6. The normalized spacial score (nSPS) is 11.7. The van der Waals surface area contributed by atoms with Gasteiger partial charge in [0.2, 0.25) is 0 Å². The van der Waals surface area contributed by atoms with Gasteiger partial charge in [-0.15, -0.1) is 0 Å². The fourth-order valence-electron chi connectivity index (χ4n) is 1.86. The summed E-state index contributed by atoms with van der Waals surface area (Å²) in [5, 5.41) is 3.27. The molecule has 0 spiro atoms. The molecule has 1 aromatic carbocycles. The highest BCUT2D eigenvalue weighted by molar-refractivity contribution is 7.90. The van der Waals surface area contributed by atoms with E-state index in [9.17, 15) is 8.42 Å². The van der Waals surface area contributed by atoms with Crippen LogP contribution >= 0.6 is 0 Å². The Bertz CT molecular complexity index is 660. The van der Waals surface area contributed by atoms with Crippen LogP contribution in [0, 0.1) is 0 Å². The number of nitrogens with one attached hydrogen (secondary N) is 2. The molecule has 0 saturated carbocycles. The van der Waals surface area contributed by atoms with Gasteiger partial charge in [0, 0.05) is 6.26 Å². The van der Waals surface area contributed by atoms with E-state index in [2.05, 4.69) is 22.2 Å². The Kier molecular flexibility index (Phi) is 4.57. The van der Waals surface area contributed by atoms with Crippen molar-refractivity contribution in [2.75, 3.05) is 12.8 Å². The molecule has 0 aliphatic heterocycles. The van der Waals surface area contributed by atoms with Gasteiger partial charge in [-0.2, -0.15) is 0 Å². The van der Waals surface area contributed by atoms with E-state index >= 15 is 0 Å². The molecule has 0 amide bonds. The minimum atomic E-state index is -3.15. The monoisotopic (exact) mass is 293 g/mol. The molecule has 0 radical (unpaired) electrons. The van der Waals surface area contributed by atoms with Gasteiger partial charge in [-0.1, -0.05) is 19.1 Å². The Labute approximate surface area is 119 Å². The quantitative estimate of drug-likeness (QED) is 0.799. The Morgan fingerprint density at radius 3 is 2.55 bits per heavy atom. The van der Waals surface area contributed by atoms with Gasteiger partial charge in [0.1, 0.15) is 5.82 Å². The summed E-state index contributed by atoms with van der Waals surface area (Å²) in [4.78, 5) is 7.85. The first-order valence-electron chi connectivity index (χ1n) is 6.56. The largest absolute Gasteiger partial charge is 0.341 e. The van der Waals surface area contributed by atoms with Crippen LogP contribution in [0.4, 0.5) is 0 Å². The topological polar surface area (TPSA) is 74.8 Å². The molecule has 2 N–H and O–H groups in total. The molecule has 0 bridgehead atoms. The van der Waals surface area contributed by atoms with Crippen molar-refractivity contribution < 1.29 is 8.42 Å². The average Bonchev–Trinajstić information content (AvgIpc) is 2.87. The van der Waals surface area contributed by atoms with Gasteiger partial charge < -0.3 is 10.3 Å². The SMILES string of the molecule is CCCNCc1ncc(-c2ccc(S(C)(=O)=O)cc2)[nH]1. The molecule has 20 heavy (non-hydrogen) atoms. The first kappa shape index (κ1) is 14.7. The van der Waals surface area contributed by atoms with E-state index in [1.54, 1.807) is 30.5 Å². The zero-order valence-corrected chi connectivity index (χ0v) is 12.5. The third-order valence-electron chi connectivity index (χ3n) is 2.94. The van der Waals surface area contributed by atoms with Crippen molar-refractivity contribution in [2.24, 2.45) is 0 Å². The molecule has 1 aromatic heterocycles. The molecular weight excluding hydrogens is 274 g/mol. The number of benzene rings is 1. The maximum atomic E-state index is 11.4. The van der Waals surface area contributed by atoms with Crippen LogP contribution in [-0.2, 0) is 16.4 Å². The summed E-state index contributed by atoms with van der Waals surface area (Å²) in [6.45, 7) is 3.78. The van der Waals surface area contributed by atoms with Crippen molar-refractivity contribution in [3.63, 3.8) is 0 Å². The summed E-state index contributed by atoms with van der Waals surface area (Å²) in [5.74, 6) is 0.876. The number of imidazole rings is 1. The molecule has 0 atom stereocenters. The van der Waals surface area contributed by atoms with Gasteiger partial charge in [0.15, 0.2) is 9.84 Å². The number of hydrogen-bond acceptors (Lipinski definition) is 4. The maximum absolute atomic E-state index is 11.4. The van der Waals surface area contributed by atoms with Crippen LogP contribution in [0.5, 0.6) is 0 Å². The molecule has 0 saturated heterocycles. The Morgan fingerprint density at radius 2 is 1.95 bits per heavy atom. The molecule has 108 valence electrons. The number of rotatable bonds is 6. The van der Waals surface area contributed by atoms with Gasteiger partial charge in [-0.05, 0) is 30.7 Å². The Balaban J connectivity index is 2.12. The lowest BCUT2D eigenvalue weighted by Gasteiger charge is -2.01. The molecule has 6 heteroatoms. The predicted octanol–water partition coefficient (Wildman–Crippen LogP) is 1.98. The van der Waals surface area contributed by atoms with Crippen LogP contribution in [0.15, 0.2) is 35.4 Å². The maximum Gasteiger partial charge on any atom is 0.175 e. The van der Waals surface area contributed by atoms with Gasteiger partial charge in [0.05, 0.1) is 23.3 Å². The number of hydrogen-bond donors (Lipinski definition) is 2. The highest BCUT2D eigenvalue weighted by Crippen LogP contribution is 2.19. The molecule has 2 rings (SSSR count). The molecule has 2 aromatic rings. The van der Waals surface area contributed by atoms with Crippen LogP contribution < -0.4 is 5.32 Å². The first-order chi connectivity index (χ1) is 9.50. The second-order valence-corrected chi connectivity index (χ2v) is 6.73. The van der Waals surface area contributed by atoms with E-state index in [1.165, 1.54) is 6.26 Å². The van der Waals surface area contributed by atoms with E-state index in [4.69, 9.17) is 0 Å². The summed E-state index contributed by atoms with van der Waals surface area (Å²) >= 11 is 0. The number of aromatic nitrogens is 2. The Hall–Kier alpha value is -1.66. The molecular formula is C14H19N3O2S. The van der Waals surface area contributed by atoms with E-state index in [1.807, 2.05) is 0 Å². The molecule has 1 heterocycles. The average molecular weight is 293 g/mol. The van der Waals surface area contributed by atoms with Gasteiger partial charge in [-0.25, -0.2) is 13.4 Å². The van der Waals surface area contributed by atoms with Crippen molar-refractivity contribution >= 4 is 9.84 Å². The van der Waals surface area contributed by atoms with Crippen molar-refractivity contribution in [3.05, 3.63) is 36.3 Å². The molecule has 0 aliphatic rings. The van der Waals surface area contributed by atoms with E-state index < -0.39 is 9.84 Å². The third-order valence-corrected chi connectivity index (χ3v) is 4.07. The van der Waals surface area contributed by atoms with Gasteiger partial charge in [0.25, 0.3) is 0 Å². The minimum Gasteiger partial charge on any atom is -0.341 e. The predicted molar refractivity (Wildman–Crippen MR) is 79.1 cm³/mol. The zero-order valence-electron chi connectivity index (χ0n) is 11.7. The standard InChI is InChI=1S/C14H19N3O2S/c1-3-8-15-10-14-16-9-13(17-14)11-4-6-12(7-5-11)20(2,18)19/h4-7,9,15H,3,8,10H2,1-2H3,(H,16,17). The molecule has 0 unspecified atom stereocenters. The van der Waals surface area contributed by atoms with Gasteiger partial charge >= 0.3 is 0 Å². The number of aromatic amines is 1. The van der Waals surface area contributed by atoms with Crippen LogP contribution in [0.1, 0.15) is 19.2 Å². The summed E-state index contributed by atoms with van der Waals surface area (Å²) in [6.07, 6.45) is 4.05. The fourth-order valence-corrected chi connectivity index (χ4v) is 2.49. The lowest BCUT2D eigenvalue weighted by Crippen LogP contribution is -2.14. The summed E-state index contributed by atoms with van der Waals surface area (Å²) in [7, 11) is -3.15. The minimum absolute atomic E-state index is 0.325. The summed E-state index contributed by atoms with van der Waals surface area (Å²) in [6, 6.07) is 6.79. The van der Waals surface area contributed by atoms with E-state index in [0.717, 1.165) is 30.0 Å². The summed E-state index contributed by atoms with van der Waals surface area (Å²) < 4.78 is 22.8. The second-order valence-electron chi connectivity index (χ2n) is 4.72. The van der Waals surface area contributed by atoms with Crippen LogP contribution in [-0.4, -0.2) is 31.2 Å². The van der Waals surface area contributed by atoms with Crippen LogP contribution in [0.3, 0.4) is 0 Å². The molecule has 0 fully saturated rings. The number of sulfone groups is 1. The molecule has 0 aliphatic carbocycles. The van der Waals surface area contributed by atoms with Crippen LogP contribution in [0.25, 0.3) is 11.3 Å². The Morgan fingerprint density at radius 1 is 1.25 bits per heavy atom. The lowest BCUT2D eigenvalue weighted by molar-refractivity contribution is 0.602. The van der Waals surface area contributed by atoms with Gasteiger partial charge in [-0.3, -0.25) is 0 Å². The number of nitrogens with zero attached hydrogens (tertiary/aromatic N) is 1. The molecule has 5 nitrogen and oxygen atoms in total. The van der Waals surface area contributed by atoms with Crippen LogP contribution in [0.2, 0.25) is 0 Å². The highest BCUT2D eigenvalue weighted by atomic mass is 32.2. The summed E-state index contributed by atoms with van der Waals surface area (Å²) in [5.41, 5.74) is 1.81. The third kappa shape index (κ3) is 3.68. The van der Waals surface area contributed by atoms with Crippen molar-refractivity contribution in [3.8, 4) is 11.3 Å². The fraction of sp³-hybridized carbons (Fsp3) is 0.357. The number of H-pyrrole nitrogens is 1. The first-order valence-corrected chi connectivity index (χ1v) is 8.45. The van der Waals surface area contributed by atoms with Crippen molar-refractivity contribution in [1.29, 1.82) is 0 Å². The van der Waals surface area contributed by atoms with E-state index in [0.29, 0.717) is 11.4 Å². The lowest BCUT2D eigenvalue weighted by atomic mass is 10.2. The smallest absolute Gasteiger partial charge is 0.175 e. The second kappa shape index (κ2) is 6.19. The van der Waals surface area contributed by atoms with Crippen molar-refractivity contribution in [2.45, 2.75) is 24.8 Å². The van der Waals surface area contributed by atoms with E-state index in [-0.39, 0.29) is 0 Å². The highest BCUT2D eigenvalue weighted by Gasteiger charge is 2.08.